The van der Waals surface area contributed by atoms with Crippen molar-refractivity contribution < 1.29 is 8.85 Å². The number of hydrogen-bond acceptors (Lipinski definition) is 4. The first-order chi connectivity index (χ1) is 21.0. The van der Waals surface area contributed by atoms with Crippen molar-refractivity contribution in [2.75, 3.05) is 26.2 Å². The summed E-state index contributed by atoms with van der Waals surface area (Å²) in [5, 5.41) is 0.439. The summed E-state index contributed by atoms with van der Waals surface area (Å²) in [7, 11) is -3.76. The molecule has 0 fully saturated rings. The fraction of sp³-hybridized carbons (Fsp3) is 1.00. The third kappa shape index (κ3) is 21.8. The van der Waals surface area contributed by atoms with Crippen LogP contribution >= 0.6 is 0 Å². The molecule has 0 aliphatic carbocycles. The first-order valence-electron chi connectivity index (χ1n) is 19.8. The lowest BCUT2D eigenvalue weighted by Crippen LogP contribution is -2.50. The number of rotatable bonds is 29. The zero-order valence-electron chi connectivity index (χ0n) is 33.3. The van der Waals surface area contributed by atoms with E-state index in [1.807, 2.05) is 0 Å². The van der Waals surface area contributed by atoms with Gasteiger partial charge in [0.15, 0.2) is 16.6 Å². The van der Waals surface area contributed by atoms with Gasteiger partial charge in [0.2, 0.25) is 0 Å². The Bertz CT molecular complexity index is 634. The van der Waals surface area contributed by atoms with Crippen molar-refractivity contribution in [1.82, 2.24) is 4.90 Å². The van der Waals surface area contributed by atoms with Crippen molar-refractivity contribution in [3.05, 3.63) is 0 Å². The van der Waals surface area contributed by atoms with Gasteiger partial charge in [0, 0.05) is 13.1 Å². The van der Waals surface area contributed by atoms with Crippen molar-refractivity contribution in [2.45, 2.75) is 226 Å². The summed E-state index contributed by atoms with van der Waals surface area (Å²) < 4.78 is 14.4. The summed E-state index contributed by atoms with van der Waals surface area (Å²) in [6.45, 7) is 32.4. The summed E-state index contributed by atoms with van der Waals surface area (Å²) in [6, 6.07) is 0. The Morgan fingerprint density at radius 1 is 0.511 bits per heavy atom. The molecular formula is C39H86N2O2Si2. The van der Waals surface area contributed by atoms with Gasteiger partial charge < -0.3 is 14.6 Å². The normalized spacial score (nSPS) is 14.8. The standard InChI is InChI=1S/C39H86N2O2Si2/c1-13-15-17-19-21-23-25-27-30-36(42-44(9,10)38(3,4)5)34-41(33-29-32-40)35-37(43-45(11,12)39(6,7)8)31-28-26-24-22-20-18-16-14-2/h36-37H,13-35,40H2,1-12H3. The fourth-order valence-corrected chi connectivity index (χ4v) is 8.48. The quantitative estimate of drug-likeness (QED) is 0.0635. The van der Waals surface area contributed by atoms with Crippen LogP contribution < -0.4 is 5.73 Å². The largest absolute Gasteiger partial charge is 0.413 e. The lowest BCUT2D eigenvalue weighted by molar-refractivity contribution is 0.0685. The van der Waals surface area contributed by atoms with Crippen LogP contribution in [0.25, 0.3) is 0 Å². The molecule has 0 heterocycles. The smallest absolute Gasteiger partial charge is 0.192 e. The summed E-state index contributed by atoms with van der Waals surface area (Å²) in [5.41, 5.74) is 6.09. The highest BCUT2D eigenvalue weighted by Crippen LogP contribution is 2.39. The Kier molecular flexibility index (Phi) is 24.6. The second-order valence-corrected chi connectivity index (χ2v) is 26.9. The molecule has 0 aliphatic rings. The van der Waals surface area contributed by atoms with Crippen LogP contribution in [0.3, 0.4) is 0 Å². The molecule has 2 atom stereocenters. The van der Waals surface area contributed by atoms with Crippen LogP contribution in [0.4, 0.5) is 0 Å². The maximum Gasteiger partial charge on any atom is 0.192 e. The maximum atomic E-state index is 7.20. The molecule has 45 heavy (non-hydrogen) atoms. The Balaban J connectivity index is 5.62. The lowest BCUT2D eigenvalue weighted by Gasteiger charge is -2.42. The molecule has 0 rings (SSSR count). The van der Waals surface area contributed by atoms with Crippen molar-refractivity contribution in [3.8, 4) is 0 Å². The molecule has 0 aliphatic heterocycles. The monoisotopic (exact) mass is 671 g/mol. The van der Waals surface area contributed by atoms with Crippen LogP contribution in [0.1, 0.15) is 177 Å². The van der Waals surface area contributed by atoms with Crippen molar-refractivity contribution in [2.24, 2.45) is 5.73 Å². The maximum absolute atomic E-state index is 7.20. The molecule has 0 spiro atoms. The second-order valence-electron chi connectivity index (χ2n) is 17.4. The molecule has 0 saturated carbocycles. The fourth-order valence-electron chi connectivity index (χ4n) is 5.72. The first-order valence-corrected chi connectivity index (χ1v) is 25.6. The van der Waals surface area contributed by atoms with E-state index >= 15 is 0 Å². The Morgan fingerprint density at radius 2 is 0.822 bits per heavy atom. The van der Waals surface area contributed by atoms with Crippen molar-refractivity contribution in [3.63, 3.8) is 0 Å². The average molecular weight is 671 g/mol. The molecule has 0 aromatic heterocycles. The first kappa shape index (κ1) is 45.3. The zero-order valence-corrected chi connectivity index (χ0v) is 35.3. The number of hydrogen-bond donors (Lipinski definition) is 1. The molecule has 6 heteroatoms. The number of unbranched alkanes of at least 4 members (excludes halogenated alkanes) is 14. The highest BCUT2D eigenvalue weighted by molar-refractivity contribution is 6.74. The van der Waals surface area contributed by atoms with Gasteiger partial charge in [-0.25, -0.2) is 0 Å². The average Bonchev–Trinajstić information content (AvgIpc) is 2.92. The van der Waals surface area contributed by atoms with Crippen LogP contribution in [0.15, 0.2) is 0 Å². The SMILES string of the molecule is CCCCCCCCCCC(CN(CCCN)CC(CCCCCCCCCC)O[Si](C)(C)C(C)(C)C)O[Si](C)(C)C(C)(C)C. The van der Waals surface area contributed by atoms with Gasteiger partial charge in [-0.3, -0.25) is 4.90 Å². The topological polar surface area (TPSA) is 47.7 Å². The predicted molar refractivity (Wildman–Crippen MR) is 209 cm³/mol. The van der Waals surface area contributed by atoms with E-state index in [1.165, 1.54) is 116 Å². The molecule has 272 valence electrons. The van der Waals surface area contributed by atoms with Crippen LogP contribution in [-0.4, -0.2) is 59.9 Å². The van der Waals surface area contributed by atoms with E-state index < -0.39 is 16.6 Å². The molecule has 2 unspecified atom stereocenters. The second kappa shape index (κ2) is 24.4. The van der Waals surface area contributed by atoms with E-state index in [0.29, 0.717) is 12.2 Å². The molecule has 0 bridgehead atoms. The van der Waals surface area contributed by atoms with Gasteiger partial charge in [-0.1, -0.05) is 158 Å². The summed E-state index contributed by atoms with van der Waals surface area (Å²) in [6.07, 6.45) is 25.8. The minimum absolute atomic E-state index is 0.219. The van der Waals surface area contributed by atoms with Gasteiger partial charge in [-0.2, -0.15) is 0 Å². The minimum atomic E-state index is -1.88. The van der Waals surface area contributed by atoms with Gasteiger partial charge in [-0.05, 0) is 68.6 Å². The third-order valence-corrected chi connectivity index (χ3v) is 20.0. The van der Waals surface area contributed by atoms with E-state index in [4.69, 9.17) is 14.6 Å². The van der Waals surface area contributed by atoms with Crippen molar-refractivity contribution >= 4 is 16.6 Å². The lowest BCUT2D eigenvalue weighted by atomic mass is 10.0. The predicted octanol–water partition coefficient (Wildman–Crippen LogP) is 12.5. The van der Waals surface area contributed by atoms with Gasteiger partial charge in [0.25, 0.3) is 0 Å². The van der Waals surface area contributed by atoms with Gasteiger partial charge in [0.05, 0.1) is 12.2 Å². The van der Waals surface area contributed by atoms with Crippen LogP contribution in [0.2, 0.25) is 36.3 Å². The highest BCUT2D eigenvalue weighted by atomic mass is 28.4. The van der Waals surface area contributed by atoms with E-state index in [-0.39, 0.29) is 10.1 Å². The number of nitrogens with two attached hydrogens (primary N) is 1. The molecule has 0 radical (unpaired) electrons. The highest BCUT2D eigenvalue weighted by Gasteiger charge is 2.41. The van der Waals surface area contributed by atoms with Crippen LogP contribution in [0.5, 0.6) is 0 Å². The zero-order chi connectivity index (χ0) is 34.4. The molecule has 4 nitrogen and oxygen atoms in total. The van der Waals surface area contributed by atoms with Gasteiger partial charge in [-0.15, -0.1) is 0 Å². The Labute approximate surface area is 287 Å². The summed E-state index contributed by atoms with van der Waals surface area (Å²) >= 11 is 0. The van der Waals surface area contributed by atoms with Crippen LogP contribution in [-0.2, 0) is 8.85 Å². The molecule has 2 N–H and O–H groups in total. The summed E-state index contributed by atoms with van der Waals surface area (Å²) in [4.78, 5) is 2.69. The third-order valence-electron chi connectivity index (χ3n) is 10.9. The summed E-state index contributed by atoms with van der Waals surface area (Å²) in [5.74, 6) is 0. The molecule has 0 aromatic carbocycles. The minimum Gasteiger partial charge on any atom is -0.413 e. The molecular weight excluding hydrogens is 585 g/mol. The molecule has 0 amide bonds. The van der Waals surface area contributed by atoms with E-state index in [2.05, 4.69) is 86.5 Å². The van der Waals surface area contributed by atoms with Gasteiger partial charge in [0.1, 0.15) is 0 Å². The van der Waals surface area contributed by atoms with Gasteiger partial charge >= 0.3 is 0 Å². The molecule has 0 saturated heterocycles. The Morgan fingerprint density at radius 3 is 1.11 bits per heavy atom. The van der Waals surface area contributed by atoms with Crippen LogP contribution in [0, 0.1) is 0 Å². The Hall–Kier alpha value is 0.274. The van der Waals surface area contributed by atoms with E-state index in [1.54, 1.807) is 0 Å². The van der Waals surface area contributed by atoms with E-state index in [0.717, 1.165) is 32.6 Å². The van der Waals surface area contributed by atoms with Crippen molar-refractivity contribution in [1.29, 1.82) is 0 Å². The molecule has 0 aromatic rings. The number of nitrogens with zero attached hydrogens (tertiary/aromatic N) is 1. The van der Waals surface area contributed by atoms with E-state index in [9.17, 15) is 0 Å².